The summed E-state index contributed by atoms with van der Waals surface area (Å²) in [5.41, 5.74) is 2.01. The van der Waals surface area contributed by atoms with Crippen LogP contribution >= 0.6 is 22.9 Å². The molecule has 0 fully saturated rings. The van der Waals surface area contributed by atoms with Crippen LogP contribution in [0.4, 0.5) is 4.39 Å². The van der Waals surface area contributed by atoms with Gasteiger partial charge in [-0.2, -0.15) is 4.98 Å². The monoisotopic (exact) mass is 452 g/mol. The molecule has 0 saturated heterocycles. The van der Waals surface area contributed by atoms with Crippen LogP contribution in [0.3, 0.4) is 0 Å². The molecule has 0 bridgehead atoms. The van der Waals surface area contributed by atoms with Crippen LogP contribution in [0.25, 0.3) is 32.4 Å². The zero-order valence-electron chi connectivity index (χ0n) is 16.2. The second-order valence-electron chi connectivity index (χ2n) is 6.94. The van der Waals surface area contributed by atoms with Crippen molar-refractivity contribution in [3.63, 3.8) is 0 Å². The highest BCUT2D eigenvalue weighted by Crippen LogP contribution is 2.36. The Bertz CT molecular complexity index is 1470. The van der Waals surface area contributed by atoms with Crippen LogP contribution in [0.2, 0.25) is 5.02 Å². The van der Waals surface area contributed by atoms with E-state index in [1.165, 1.54) is 34.4 Å². The van der Waals surface area contributed by atoms with Gasteiger partial charge >= 0.3 is 0 Å². The molecular formula is C22H14ClFN4O2S. The van der Waals surface area contributed by atoms with Gasteiger partial charge in [0.1, 0.15) is 10.6 Å². The van der Waals surface area contributed by atoms with Crippen LogP contribution in [0.15, 0.2) is 64.2 Å². The van der Waals surface area contributed by atoms with Crippen LogP contribution < -0.4 is 5.56 Å². The maximum Gasteiger partial charge on any atom is 0.268 e. The van der Waals surface area contributed by atoms with Crippen LogP contribution in [-0.2, 0) is 6.54 Å². The second-order valence-corrected chi connectivity index (χ2v) is 8.35. The quantitative estimate of drug-likeness (QED) is 0.368. The minimum absolute atomic E-state index is 0.180. The number of rotatable bonds is 4. The first-order chi connectivity index (χ1) is 15.0. The zero-order valence-corrected chi connectivity index (χ0v) is 17.7. The molecule has 0 saturated carbocycles. The molecule has 3 heterocycles. The molecule has 6 nitrogen and oxygen atoms in total. The number of benzene rings is 2. The van der Waals surface area contributed by atoms with E-state index in [0.717, 1.165) is 11.1 Å². The molecule has 0 amide bonds. The summed E-state index contributed by atoms with van der Waals surface area (Å²) >= 11 is 7.55. The molecule has 0 atom stereocenters. The molecule has 0 radical (unpaired) electrons. The molecule has 0 unspecified atom stereocenters. The lowest BCUT2D eigenvalue weighted by atomic mass is 10.2. The van der Waals surface area contributed by atoms with Crippen LogP contribution in [0, 0.1) is 12.7 Å². The molecule has 3 aromatic heterocycles. The Labute approximate surface area is 184 Å². The molecular weight excluding hydrogens is 439 g/mol. The van der Waals surface area contributed by atoms with Crippen molar-refractivity contribution in [2.45, 2.75) is 13.5 Å². The number of aromatic nitrogens is 4. The third-order valence-corrected chi connectivity index (χ3v) is 6.44. The lowest BCUT2D eigenvalue weighted by Gasteiger charge is -2.05. The molecule has 9 heteroatoms. The van der Waals surface area contributed by atoms with E-state index < -0.39 is 0 Å². The third kappa shape index (κ3) is 3.54. The molecule has 0 aliphatic carbocycles. The molecule has 0 aliphatic heterocycles. The van der Waals surface area contributed by atoms with Gasteiger partial charge in [0.05, 0.1) is 28.2 Å². The minimum Gasteiger partial charge on any atom is -0.333 e. The van der Waals surface area contributed by atoms with E-state index in [9.17, 15) is 9.18 Å². The molecule has 154 valence electrons. The lowest BCUT2D eigenvalue weighted by molar-refractivity contribution is 0.433. The van der Waals surface area contributed by atoms with Crippen molar-refractivity contribution < 1.29 is 8.91 Å². The Hall–Kier alpha value is -3.36. The Morgan fingerprint density at radius 1 is 1.16 bits per heavy atom. The van der Waals surface area contributed by atoms with Gasteiger partial charge in [0.15, 0.2) is 0 Å². The van der Waals surface area contributed by atoms with E-state index >= 15 is 0 Å². The number of hydrogen-bond acceptors (Lipinski definition) is 6. The first kappa shape index (κ1) is 19.6. The van der Waals surface area contributed by atoms with Gasteiger partial charge in [0, 0.05) is 5.56 Å². The van der Waals surface area contributed by atoms with Gasteiger partial charge in [-0.1, -0.05) is 41.0 Å². The Balaban J connectivity index is 1.55. The SMILES string of the molecule is Cc1c(-c2nc(-c3ccccc3Cl)no2)sc2ncn(Cc3ccc(F)cc3)c(=O)c12. The summed E-state index contributed by atoms with van der Waals surface area (Å²) in [5.74, 6) is 0.359. The van der Waals surface area contributed by atoms with Gasteiger partial charge in [-0.25, -0.2) is 9.37 Å². The Morgan fingerprint density at radius 3 is 2.71 bits per heavy atom. The van der Waals surface area contributed by atoms with Crippen molar-refractivity contribution >= 4 is 33.2 Å². The third-order valence-electron chi connectivity index (χ3n) is 4.92. The van der Waals surface area contributed by atoms with Crippen LogP contribution in [-0.4, -0.2) is 19.7 Å². The minimum atomic E-state index is -0.321. The maximum absolute atomic E-state index is 13.2. The first-order valence-corrected chi connectivity index (χ1v) is 10.5. The molecule has 0 N–H and O–H groups in total. The zero-order chi connectivity index (χ0) is 21.5. The van der Waals surface area contributed by atoms with E-state index in [1.54, 1.807) is 18.2 Å². The van der Waals surface area contributed by atoms with Crippen molar-refractivity contribution in [3.8, 4) is 22.2 Å². The number of aryl methyl sites for hydroxylation is 1. The largest absolute Gasteiger partial charge is 0.333 e. The summed E-state index contributed by atoms with van der Waals surface area (Å²) in [6.07, 6.45) is 1.50. The van der Waals surface area contributed by atoms with E-state index in [1.807, 2.05) is 25.1 Å². The molecule has 0 aliphatic rings. The van der Waals surface area contributed by atoms with Crippen molar-refractivity contribution in [2.75, 3.05) is 0 Å². The normalized spacial score (nSPS) is 11.3. The summed E-state index contributed by atoms with van der Waals surface area (Å²) < 4.78 is 20.1. The highest BCUT2D eigenvalue weighted by molar-refractivity contribution is 7.22. The standard InChI is InChI=1S/C22H14ClFN4O2S/c1-12-17-21(25-11-28(22(17)29)10-13-6-8-14(24)9-7-13)31-18(12)20-26-19(27-30-20)15-4-2-3-5-16(15)23/h2-9,11H,10H2,1H3. The van der Waals surface area contributed by atoms with Gasteiger partial charge in [0.2, 0.25) is 5.82 Å². The summed E-state index contributed by atoms with van der Waals surface area (Å²) in [5, 5.41) is 5.06. The van der Waals surface area contributed by atoms with Crippen LogP contribution in [0.5, 0.6) is 0 Å². The van der Waals surface area contributed by atoms with E-state index in [0.29, 0.717) is 43.9 Å². The second kappa shape index (κ2) is 7.72. The van der Waals surface area contributed by atoms with Gasteiger partial charge in [0.25, 0.3) is 11.4 Å². The molecule has 31 heavy (non-hydrogen) atoms. The fraction of sp³-hybridized carbons (Fsp3) is 0.0909. The van der Waals surface area contributed by atoms with Crippen molar-refractivity contribution in [2.24, 2.45) is 0 Å². The van der Waals surface area contributed by atoms with E-state index in [2.05, 4.69) is 15.1 Å². The van der Waals surface area contributed by atoms with E-state index in [4.69, 9.17) is 16.1 Å². The number of nitrogens with zero attached hydrogens (tertiary/aromatic N) is 4. The maximum atomic E-state index is 13.2. The molecule has 5 aromatic rings. The van der Waals surface area contributed by atoms with E-state index in [-0.39, 0.29) is 11.4 Å². The predicted octanol–water partition coefficient (Wildman–Crippen LogP) is 5.32. The van der Waals surface area contributed by atoms with Crippen molar-refractivity contribution in [1.29, 1.82) is 0 Å². The van der Waals surface area contributed by atoms with Gasteiger partial charge in [-0.05, 0) is 42.3 Å². The number of halogens is 2. The number of thiophene rings is 1. The van der Waals surface area contributed by atoms with Crippen molar-refractivity contribution in [1.82, 2.24) is 19.7 Å². The Morgan fingerprint density at radius 2 is 1.94 bits per heavy atom. The first-order valence-electron chi connectivity index (χ1n) is 9.33. The lowest BCUT2D eigenvalue weighted by Crippen LogP contribution is -2.21. The summed E-state index contributed by atoms with van der Waals surface area (Å²) in [6, 6.07) is 13.3. The highest BCUT2D eigenvalue weighted by atomic mass is 35.5. The summed E-state index contributed by atoms with van der Waals surface area (Å²) in [7, 11) is 0. The fourth-order valence-electron chi connectivity index (χ4n) is 3.33. The smallest absolute Gasteiger partial charge is 0.268 e. The van der Waals surface area contributed by atoms with Crippen molar-refractivity contribution in [3.05, 3.63) is 87.2 Å². The highest BCUT2D eigenvalue weighted by Gasteiger charge is 2.21. The van der Waals surface area contributed by atoms with Crippen LogP contribution in [0.1, 0.15) is 11.1 Å². The number of hydrogen-bond donors (Lipinski definition) is 0. The predicted molar refractivity (Wildman–Crippen MR) is 118 cm³/mol. The van der Waals surface area contributed by atoms with Gasteiger partial charge < -0.3 is 4.52 Å². The number of fused-ring (bicyclic) bond motifs is 1. The molecule has 5 rings (SSSR count). The molecule has 2 aromatic carbocycles. The van der Waals surface area contributed by atoms with Gasteiger partial charge in [-0.15, -0.1) is 11.3 Å². The average Bonchev–Trinajstić information content (AvgIpc) is 3.37. The van der Waals surface area contributed by atoms with Gasteiger partial charge in [-0.3, -0.25) is 9.36 Å². The average molecular weight is 453 g/mol. The Kier molecular flexibility index (Phi) is 4.88. The topological polar surface area (TPSA) is 73.8 Å². The summed E-state index contributed by atoms with van der Waals surface area (Å²) in [6.45, 7) is 2.13. The molecule has 0 spiro atoms. The summed E-state index contributed by atoms with van der Waals surface area (Å²) in [4.78, 5) is 23.3. The fourth-order valence-corrected chi connectivity index (χ4v) is 4.61.